The maximum atomic E-state index is 14.0. The van der Waals surface area contributed by atoms with Gasteiger partial charge < -0.3 is 15.2 Å². The number of fused-ring (bicyclic) bond motifs is 1. The summed E-state index contributed by atoms with van der Waals surface area (Å²) in [5.41, 5.74) is 8.13. The van der Waals surface area contributed by atoms with E-state index >= 15 is 0 Å². The first-order valence-corrected chi connectivity index (χ1v) is 9.43. The van der Waals surface area contributed by atoms with Crippen LogP contribution in [0.25, 0.3) is 0 Å². The van der Waals surface area contributed by atoms with Crippen molar-refractivity contribution in [2.45, 2.75) is 45.0 Å². The maximum Gasteiger partial charge on any atom is 0.227 e. The summed E-state index contributed by atoms with van der Waals surface area (Å²) < 4.78 is 25.8. The normalized spacial score (nSPS) is 17.5. The molecular weight excluding hydrogens is 351 g/mol. The molecule has 1 heterocycles. The molecule has 0 saturated heterocycles. The summed E-state index contributed by atoms with van der Waals surface area (Å²) in [7, 11) is 0. The predicted octanol–water partition coefficient (Wildman–Crippen LogP) is 4.78. The highest BCUT2D eigenvalue weighted by Crippen LogP contribution is 2.38. The van der Waals surface area contributed by atoms with Crippen molar-refractivity contribution < 1.29 is 13.9 Å². The second-order valence-corrected chi connectivity index (χ2v) is 8.13. The molecule has 0 radical (unpaired) electrons. The highest BCUT2D eigenvalue weighted by atomic mass is 32.2. The molecule has 0 saturated carbocycles. The van der Waals surface area contributed by atoms with Crippen LogP contribution in [-0.2, 0) is 17.1 Å². The van der Waals surface area contributed by atoms with E-state index < -0.39 is 6.29 Å². The van der Waals surface area contributed by atoms with E-state index in [4.69, 9.17) is 15.2 Å². The van der Waals surface area contributed by atoms with Crippen molar-refractivity contribution in [3.63, 3.8) is 0 Å². The molecule has 1 aliphatic rings. The van der Waals surface area contributed by atoms with Crippen LogP contribution < -0.4 is 10.5 Å². The van der Waals surface area contributed by atoms with Crippen LogP contribution in [0.3, 0.4) is 0 Å². The number of halogens is 1. The van der Waals surface area contributed by atoms with E-state index in [1.165, 1.54) is 23.9 Å². The number of benzene rings is 2. The van der Waals surface area contributed by atoms with Crippen LogP contribution in [0, 0.1) is 5.82 Å². The zero-order valence-corrected chi connectivity index (χ0v) is 16.0. The third-order valence-electron chi connectivity index (χ3n) is 3.72. The molecule has 0 unspecified atom stereocenters. The Balaban J connectivity index is 1.82. The molecule has 1 aliphatic heterocycles. The van der Waals surface area contributed by atoms with Crippen LogP contribution in [0.2, 0.25) is 0 Å². The lowest BCUT2D eigenvalue weighted by Crippen LogP contribution is -2.20. The molecule has 0 aromatic heterocycles. The number of hydrogen-bond donors (Lipinski definition) is 1. The number of aliphatic imine (C=N–C) groups is 1. The fourth-order valence-corrected chi connectivity index (χ4v) is 3.53. The van der Waals surface area contributed by atoms with Crippen LogP contribution in [0.5, 0.6) is 5.75 Å². The molecule has 0 fully saturated rings. The Labute approximate surface area is 157 Å². The van der Waals surface area contributed by atoms with Gasteiger partial charge in [-0.1, -0.05) is 42.1 Å². The van der Waals surface area contributed by atoms with E-state index in [0.717, 1.165) is 11.1 Å². The third kappa shape index (κ3) is 4.77. The van der Waals surface area contributed by atoms with E-state index in [-0.39, 0.29) is 11.4 Å². The molecule has 1 atom stereocenters. The summed E-state index contributed by atoms with van der Waals surface area (Å²) in [6.07, 6.45) is -0.501. The van der Waals surface area contributed by atoms with Gasteiger partial charge in [-0.05, 0) is 32.9 Å². The first kappa shape index (κ1) is 18.7. The van der Waals surface area contributed by atoms with Gasteiger partial charge in [-0.15, -0.1) is 0 Å². The molecule has 0 bridgehead atoms. The molecule has 0 aliphatic carbocycles. The minimum Gasteiger partial charge on any atom is -0.460 e. The molecule has 138 valence electrons. The van der Waals surface area contributed by atoms with Crippen LogP contribution >= 0.6 is 11.8 Å². The van der Waals surface area contributed by atoms with Gasteiger partial charge in [0.1, 0.15) is 11.6 Å². The number of ether oxygens (including phenoxy) is 2. The zero-order chi connectivity index (χ0) is 18.7. The van der Waals surface area contributed by atoms with Crippen molar-refractivity contribution in [2.75, 3.05) is 0 Å². The molecule has 4 nitrogen and oxygen atoms in total. The van der Waals surface area contributed by atoms with Crippen molar-refractivity contribution in [1.82, 2.24) is 0 Å². The summed E-state index contributed by atoms with van der Waals surface area (Å²) in [4.78, 5) is 4.42. The summed E-state index contributed by atoms with van der Waals surface area (Å²) in [6, 6.07) is 12.6. The number of amidine groups is 1. The third-order valence-corrected chi connectivity index (χ3v) is 4.56. The Morgan fingerprint density at radius 3 is 2.69 bits per heavy atom. The lowest BCUT2D eigenvalue weighted by Gasteiger charge is -2.28. The lowest BCUT2D eigenvalue weighted by molar-refractivity contribution is -0.112. The van der Waals surface area contributed by atoms with E-state index in [1.54, 1.807) is 0 Å². The van der Waals surface area contributed by atoms with Crippen LogP contribution in [0.15, 0.2) is 47.5 Å². The highest BCUT2D eigenvalue weighted by Gasteiger charge is 2.25. The molecule has 2 N–H and O–H groups in total. The Bertz CT molecular complexity index is 803. The van der Waals surface area contributed by atoms with Gasteiger partial charge in [0.2, 0.25) is 6.29 Å². The summed E-state index contributed by atoms with van der Waals surface area (Å²) in [5, 5.41) is 0.474. The van der Waals surface area contributed by atoms with Gasteiger partial charge in [0.05, 0.1) is 12.1 Å². The SMILES string of the molecule is CC(C)(C)N=C(N)SCc1cc(F)cc2c1O[C@H](c1ccccc1)OC2. The predicted molar refractivity (Wildman–Crippen MR) is 104 cm³/mol. The molecule has 0 spiro atoms. The van der Waals surface area contributed by atoms with Crippen molar-refractivity contribution in [3.05, 3.63) is 65.0 Å². The van der Waals surface area contributed by atoms with E-state index in [0.29, 0.717) is 28.8 Å². The Morgan fingerprint density at radius 2 is 2.00 bits per heavy atom. The van der Waals surface area contributed by atoms with E-state index in [2.05, 4.69) is 4.99 Å². The molecule has 6 heteroatoms. The van der Waals surface area contributed by atoms with Crippen LogP contribution in [-0.4, -0.2) is 10.7 Å². The van der Waals surface area contributed by atoms with Gasteiger partial charge in [-0.3, -0.25) is 4.99 Å². The molecule has 2 aromatic rings. The molecule has 0 amide bonds. The minimum absolute atomic E-state index is 0.249. The van der Waals surface area contributed by atoms with Crippen molar-refractivity contribution in [3.8, 4) is 5.75 Å². The lowest BCUT2D eigenvalue weighted by atomic mass is 10.1. The summed E-state index contributed by atoms with van der Waals surface area (Å²) in [5.74, 6) is 0.839. The topological polar surface area (TPSA) is 56.8 Å². The number of rotatable bonds is 3. The Morgan fingerprint density at radius 1 is 1.27 bits per heavy atom. The van der Waals surface area contributed by atoms with Gasteiger partial charge >= 0.3 is 0 Å². The number of nitrogens with zero attached hydrogens (tertiary/aromatic N) is 1. The smallest absolute Gasteiger partial charge is 0.227 e. The van der Waals surface area contributed by atoms with Gasteiger partial charge in [-0.2, -0.15) is 0 Å². The van der Waals surface area contributed by atoms with Crippen LogP contribution in [0.4, 0.5) is 4.39 Å². The Hall–Kier alpha value is -2.05. The summed E-state index contributed by atoms with van der Waals surface area (Å²) in [6.45, 7) is 6.25. The van der Waals surface area contributed by atoms with E-state index in [9.17, 15) is 4.39 Å². The minimum atomic E-state index is -0.501. The van der Waals surface area contributed by atoms with Gasteiger partial charge in [-0.25, -0.2) is 4.39 Å². The zero-order valence-electron chi connectivity index (χ0n) is 15.2. The fourth-order valence-electron chi connectivity index (χ4n) is 2.67. The molecular formula is C20H23FN2O2S. The second-order valence-electron chi connectivity index (χ2n) is 7.13. The van der Waals surface area contributed by atoms with Gasteiger partial charge in [0.25, 0.3) is 0 Å². The number of hydrogen-bond acceptors (Lipinski definition) is 4. The van der Waals surface area contributed by atoms with Crippen LogP contribution in [0.1, 0.15) is 43.8 Å². The average molecular weight is 374 g/mol. The largest absolute Gasteiger partial charge is 0.460 e. The fraction of sp³-hybridized carbons (Fsp3) is 0.350. The second kappa shape index (κ2) is 7.68. The molecule has 26 heavy (non-hydrogen) atoms. The molecule has 3 rings (SSSR count). The number of thioether (sulfide) groups is 1. The monoisotopic (exact) mass is 374 g/mol. The maximum absolute atomic E-state index is 14.0. The standard InChI is InChI=1S/C20H23FN2O2S/c1-20(2,3)23-19(22)26-12-15-10-16(21)9-14-11-24-18(25-17(14)15)13-7-5-4-6-8-13/h4-10,18H,11-12H2,1-3H3,(H2,22,23)/t18-/m1/s1. The highest BCUT2D eigenvalue weighted by molar-refractivity contribution is 8.13. The molecule has 2 aromatic carbocycles. The quantitative estimate of drug-likeness (QED) is 0.620. The van der Waals surface area contributed by atoms with Crippen molar-refractivity contribution in [2.24, 2.45) is 10.7 Å². The van der Waals surface area contributed by atoms with E-state index in [1.807, 2.05) is 51.1 Å². The first-order valence-electron chi connectivity index (χ1n) is 8.44. The average Bonchev–Trinajstić information content (AvgIpc) is 2.58. The van der Waals surface area contributed by atoms with Crippen molar-refractivity contribution in [1.29, 1.82) is 0 Å². The first-order chi connectivity index (χ1) is 12.3. The van der Waals surface area contributed by atoms with Gasteiger partial charge in [0.15, 0.2) is 5.17 Å². The summed E-state index contributed by atoms with van der Waals surface area (Å²) >= 11 is 1.38. The number of nitrogens with two attached hydrogens (primary N) is 1. The van der Waals surface area contributed by atoms with Gasteiger partial charge in [0, 0.05) is 22.4 Å². The Kier molecular flexibility index (Phi) is 5.53. The van der Waals surface area contributed by atoms with Crippen molar-refractivity contribution >= 4 is 16.9 Å².